The molecule has 15 heavy (non-hydrogen) atoms. The van der Waals surface area contributed by atoms with Gasteiger partial charge in [-0.25, -0.2) is 0 Å². The Balaban J connectivity index is 2.11. The summed E-state index contributed by atoms with van der Waals surface area (Å²) in [6.45, 7) is 3.53. The maximum absolute atomic E-state index is 10.7. The van der Waals surface area contributed by atoms with Gasteiger partial charge in [-0.2, -0.15) is 0 Å². The predicted molar refractivity (Wildman–Crippen MR) is 59.6 cm³/mol. The van der Waals surface area contributed by atoms with Crippen molar-refractivity contribution in [2.75, 3.05) is 13.2 Å². The molecule has 1 aliphatic heterocycles. The smallest absolute Gasteiger partial charge is 0.0851 e. The fourth-order valence-corrected chi connectivity index (χ4v) is 3.16. The summed E-state index contributed by atoms with van der Waals surface area (Å²) < 4.78 is 5.45. The Morgan fingerprint density at radius 2 is 2.13 bits per heavy atom. The Morgan fingerprint density at radius 1 is 1.33 bits per heavy atom. The van der Waals surface area contributed by atoms with E-state index in [1.54, 1.807) is 0 Å². The predicted octanol–water partition coefficient (Wildman–Crippen LogP) is 1.44. The molecule has 0 spiro atoms. The van der Waals surface area contributed by atoms with Gasteiger partial charge >= 0.3 is 0 Å². The summed E-state index contributed by atoms with van der Waals surface area (Å²) in [5.74, 6) is 0.589. The second-order valence-corrected chi connectivity index (χ2v) is 5.55. The van der Waals surface area contributed by atoms with Crippen molar-refractivity contribution in [3.63, 3.8) is 0 Å². The molecule has 2 rings (SSSR count). The van der Waals surface area contributed by atoms with Gasteiger partial charge in [-0.1, -0.05) is 19.8 Å². The van der Waals surface area contributed by atoms with Crippen LogP contribution in [0.25, 0.3) is 0 Å². The lowest BCUT2D eigenvalue weighted by molar-refractivity contribution is -0.123. The van der Waals surface area contributed by atoms with Crippen molar-refractivity contribution in [2.45, 2.75) is 56.6 Å². The quantitative estimate of drug-likeness (QED) is 0.693. The van der Waals surface area contributed by atoms with E-state index in [1.165, 1.54) is 6.42 Å². The number of hydrogen-bond donors (Lipinski definition) is 2. The summed E-state index contributed by atoms with van der Waals surface area (Å²) in [6, 6.07) is 0. The highest BCUT2D eigenvalue weighted by Crippen LogP contribution is 2.41. The molecule has 0 radical (unpaired) electrons. The topological polar surface area (TPSA) is 55.5 Å². The van der Waals surface area contributed by atoms with Crippen LogP contribution in [0.3, 0.4) is 0 Å². The van der Waals surface area contributed by atoms with E-state index in [4.69, 9.17) is 10.5 Å². The second-order valence-electron chi connectivity index (χ2n) is 5.55. The molecule has 1 heterocycles. The summed E-state index contributed by atoms with van der Waals surface area (Å²) >= 11 is 0. The molecule has 2 aliphatic rings. The molecular weight excluding hydrogens is 190 g/mol. The average molecular weight is 213 g/mol. The first-order valence-corrected chi connectivity index (χ1v) is 6.15. The monoisotopic (exact) mass is 213 g/mol. The molecule has 1 saturated carbocycles. The molecule has 1 aliphatic carbocycles. The van der Waals surface area contributed by atoms with E-state index in [1.807, 2.05) is 0 Å². The molecule has 3 atom stereocenters. The molecule has 0 bridgehead atoms. The van der Waals surface area contributed by atoms with Crippen LogP contribution in [0.2, 0.25) is 0 Å². The Bertz CT molecular complexity index is 226. The molecule has 3 heteroatoms. The van der Waals surface area contributed by atoms with Crippen LogP contribution in [0.1, 0.15) is 45.4 Å². The maximum atomic E-state index is 10.7. The first-order valence-electron chi connectivity index (χ1n) is 6.15. The summed E-state index contributed by atoms with van der Waals surface area (Å²) in [6.07, 6.45) is 5.88. The summed E-state index contributed by atoms with van der Waals surface area (Å²) in [5.41, 5.74) is 5.17. The van der Waals surface area contributed by atoms with Gasteiger partial charge in [0.15, 0.2) is 0 Å². The van der Waals surface area contributed by atoms with E-state index in [0.717, 1.165) is 38.7 Å². The molecule has 3 N–H and O–H groups in total. The molecule has 3 nitrogen and oxygen atoms in total. The Kier molecular flexibility index (Phi) is 3.06. The van der Waals surface area contributed by atoms with Crippen molar-refractivity contribution in [3.8, 4) is 0 Å². The van der Waals surface area contributed by atoms with E-state index in [-0.39, 0.29) is 0 Å². The van der Waals surface area contributed by atoms with Crippen molar-refractivity contribution >= 4 is 0 Å². The van der Waals surface area contributed by atoms with Gasteiger partial charge < -0.3 is 15.6 Å². The van der Waals surface area contributed by atoms with Crippen LogP contribution >= 0.6 is 0 Å². The number of nitrogens with two attached hydrogens (primary N) is 1. The lowest BCUT2D eigenvalue weighted by Crippen LogP contribution is -2.66. The number of aliphatic hydroxyl groups is 1. The summed E-state index contributed by atoms with van der Waals surface area (Å²) in [5, 5.41) is 10.7. The van der Waals surface area contributed by atoms with Crippen LogP contribution < -0.4 is 5.73 Å². The van der Waals surface area contributed by atoms with E-state index in [9.17, 15) is 5.11 Å². The van der Waals surface area contributed by atoms with Crippen LogP contribution in [0, 0.1) is 5.92 Å². The zero-order valence-electron chi connectivity index (χ0n) is 9.67. The third-order valence-corrected chi connectivity index (χ3v) is 4.17. The van der Waals surface area contributed by atoms with Gasteiger partial charge in [0.05, 0.1) is 17.7 Å². The van der Waals surface area contributed by atoms with Crippen LogP contribution in [0.15, 0.2) is 0 Å². The average Bonchev–Trinajstić information content (AvgIpc) is 2.18. The van der Waals surface area contributed by atoms with Crippen LogP contribution in [0.4, 0.5) is 0 Å². The normalized spacial score (nSPS) is 47.8. The van der Waals surface area contributed by atoms with E-state index >= 15 is 0 Å². The summed E-state index contributed by atoms with van der Waals surface area (Å²) in [4.78, 5) is 0. The highest BCUT2D eigenvalue weighted by Gasteiger charge is 2.50. The first kappa shape index (κ1) is 11.4. The van der Waals surface area contributed by atoms with Crippen molar-refractivity contribution in [2.24, 2.45) is 11.7 Å². The third-order valence-electron chi connectivity index (χ3n) is 4.17. The number of hydrogen-bond acceptors (Lipinski definition) is 3. The van der Waals surface area contributed by atoms with Gasteiger partial charge in [-0.3, -0.25) is 0 Å². The maximum Gasteiger partial charge on any atom is 0.0851 e. The minimum Gasteiger partial charge on any atom is -0.388 e. The molecule has 0 aromatic heterocycles. The zero-order chi connectivity index (χ0) is 10.9. The molecular formula is C12H23NO2. The molecule has 2 fully saturated rings. The molecule has 3 unspecified atom stereocenters. The highest BCUT2D eigenvalue weighted by atomic mass is 16.5. The SMILES string of the molecule is CC1CCCC(O)(C2(N)CCCOC2)C1. The fraction of sp³-hybridized carbons (Fsp3) is 1.00. The molecule has 1 saturated heterocycles. The molecule has 0 aromatic carbocycles. The Hall–Kier alpha value is -0.120. The van der Waals surface area contributed by atoms with Crippen LogP contribution in [-0.2, 0) is 4.74 Å². The van der Waals surface area contributed by atoms with Crippen molar-refractivity contribution < 1.29 is 9.84 Å². The number of ether oxygens (including phenoxy) is 1. The number of rotatable bonds is 1. The summed E-state index contributed by atoms with van der Waals surface area (Å²) in [7, 11) is 0. The van der Waals surface area contributed by atoms with Crippen molar-refractivity contribution in [1.29, 1.82) is 0 Å². The van der Waals surface area contributed by atoms with E-state index < -0.39 is 11.1 Å². The van der Waals surface area contributed by atoms with Gasteiger partial charge in [0.1, 0.15) is 0 Å². The van der Waals surface area contributed by atoms with Crippen molar-refractivity contribution in [3.05, 3.63) is 0 Å². The lowest BCUT2D eigenvalue weighted by atomic mass is 9.66. The van der Waals surface area contributed by atoms with E-state index in [2.05, 4.69) is 6.92 Å². The largest absolute Gasteiger partial charge is 0.388 e. The standard InChI is InChI=1S/C12H23NO2/c1-10-4-2-6-12(14,8-10)11(13)5-3-7-15-9-11/h10,14H,2-9,13H2,1H3. The third kappa shape index (κ3) is 2.05. The Morgan fingerprint density at radius 3 is 2.73 bits per heavy atom. The molecule has 88 valence electrons. The minimum atomic E-state index is -0.689. The fourth-order valence-electron chi connectivity index (χ4n) is 3.16. The van der Waals surface area contributed by atoms with E-state index in [0.29, 0.717) is 12.5 Å². The zero-order valence-corrected chi connectivity index (χ0v) is 9.67. The van der Waals surface area contributed by atoms with Crippen LogP contribution in [0.5, 0.6) is 0 Å². The van der Waals surface area contributed by atoms with Crippen LogP contribution in [-0.4, -0.2) is 29.5 Å². The second kappa shape index (κ2) is 4.04. The van der Waals surface area contributed by atoms with Gasteiger partial charge in [0.25, 0.3) is 0 Å². The van der Waals surface area contributed by atoms with Gasteiger partial charge in [0, 0.05) is 6.61 Å². The van der Waals surface area contributed by atoms with Gasteiger partial charge in [-0.15, -0.1) is 0 Å². The first-order chi connectivity index (χ1) is 7.06. The van der Waals surface area contributed by atoms with Gasteiger partial charge in [-0.05, 0) is 31.6 Å². The highest BCUT2D eigenvalue weighted by molar-refractivity contribution is 5.06. The lowest BCUT2D eigenvalue weighted by Gasteiger charge is -2.50. The van der Waals surface area contributed by atoms with Gasteiger partial charge in [0.2, 0.25) is 0 Å². The molecule has 0 amide bonds. The minimum absolute atomic E-state index is 0.500. The van der Waals surface area contributed by atoms with Crippen molar-refractivity contribution in [1.82, 2.24) is 0 Å². The Labute approximate surface area is 92.0 Å². The molecule has 0 aromatic rings.